The second-order valence-corrected chi connectivity index (χ2v) is 3.33. The molecule has 0 saturated carbocycles. The molecular weight excluding hydrogens is 182 g/mol. The summed E-state index contributed by atoms with van der Waals surface area (Å²) in [6.07, 6.45) is -0.432. The molecule has 3 nitrogen and oxygen atoms in total. The van der Waals surface area contributed by atoms with Crippen molar-refractivity contribution in [2.75, 3.05) is 20.3 Å². The lowest BCUT2D eigenvalue weighted by Crippen LogP contribution is -2.52. The summed E-state index contributed by atoms with van der Waals surface area (Å²) in [4.78, 5) is 11.1. The molecule has 1 rings (SSSR count). The summed E-state index contributed by atoms with van der Waals surface area (Å²) in [5, 5.41) is 0. The molecule has 1 unspecified atom stereocenters. The molecule has 0 amide bonds. The van der Waals surface area contributed by atoms with E-state index in [1.165, 1.54) is 0 Å². The van der Waals surface area contributed by atoms with Gasteiger partial charge in [-0.2, -0.15) is 0 Å². The minimum absolute atomic E-state index is 0.0143. The summed E-state index contributed by atoms with van der Waals surface area (Å²) >= 11 is 0. The smallest absolute Gasteiger partial charge is 0.320 e. The highest BCUT2D eigenvalue weighted by Gasteiger charge is 2.58. The standard InChI is InChI=1S/C8H12F2O3/c1-7(6(11)12-2)5-13-4-3-8(7,9)10/h3-5H2,1-2H3. The van der Waals surface area contributed by atoms with Crippen LogP contribution in [0.4, 0.5) is 8.78 Å². The average Bonchev–Trinajstić information content (AvgIpc) is 2.08. The van der Waals surface area contributed by atoms with Crippen molar-refractivity contribution in [2.45, 2.75) is 19.3 Å². The quantitative estimate of drug-likeness (QED) is 0.589. The Bertz CT molecular complexity index is 217. The average molecular weight is 194 g/mol. The Morgan fingerprint density at radius 1 is 1.54 bits per heavy atom. The number of hydrogen-bond donors (Lipinski definition) is 0. The Morgan fingerprint density at radius 3 is 2.62 bits per heavy atom. The van der Waals surface area contributed by atoms with Crippen LogP contribution in [0.1, 0.15) is 13.3 Å². The largest absolute Gasteiger partial charge is 0.468 e. The second-order valence-electron chi connectivity index (χ2n) is 3.33. The highest BCUT2D eigenvalue weighted by molar-refractivity contribution is 5.77. The van der Waals surface area contributed by atoms with Crippen LogP contribution in [0.3, 0.4) is 0 Å². The molecule has 0 aromatic heterocycles. The molecule has 0 aromatic rings. The Kier molecular flexibility index (Phi) is 2.56. The number of esters is 1. The summed E-state index contributed by atoms with van der Waals surface area (Å²) in [6, 6.07) is 0. The van der Waals surface area contributed by atoms with Gasteiger partial charge in [0.1, 0.15) is 0 Å². The van der Waals surface area contributed by atoms with Gasteiger partial charge in [-0.05, 0) is 6.92 Å². The fraction of sp³-hybridized carbons (Fsp3) is 0.875. The third-order valence-electron chi connectivity index (χ3n) is 2.39. The van der Waals surface area contributed by atoms with Gasteiger partial charge in [0.25, 0.3) is 5.92 Å². The highest BCUT2D eigenvalue weighted by atomic mass is 19.3. The topological polar surface area (TPSA) is 35.5 Å². The van der Waals surface area contributed by atoms with E-state index in [0.29, 0.717) is 0 Å². The molecule has 1 fully saturated rings. The van der Waals surface area contributed by atoms with Gasteiger partial charge in [0.2, 0.25) is 0 Å². The molecule has 0 aromatic carbocycles. The molecule has 1 aliphatic rings. The predicted molar refractivity (Wildman–Crippen MR) is 40.5 cm³/mol. The van der Waals surface area contributed by atoms with Crippen LogP contribution in [0.15, 0.2) is 0 Å². The zero-order valence-corrected chi connectivity index (χ0v) is 7.60. The molecule has 5 heteroatoms. The van der Waals surface area contributed by atoms with E-state index < -0.39 is 23.7 Å². The number of ether oxygens (including phenoxy) is 2. The van der Waals surface area contributed by atoms with E-state index in [2.05, 4.69) is 4.74 Å². The van der Waals surface area contributed by atoms with Crippen molar-refractivity contribution >= 4 is 5.97 Å². The van der Waals surface area contributed by atoms with Crippen LogP contribution in [-0.4, -0.2) is 32.2 Å². The fourth-order valence-corrected chi connectivity index (χ4v) is 1.29. The maximum absolute atomic E-state index is 13.3. The monoisotopic (exact) mass is 194 g/mol. The van der Waals surface area contributed by atoms with Crippen molar-refractivity contribution in [1.29, 1.82) is 0 Å². The summed E-state index contributed by atoms with van der Waals surface area (Å²) < 4.78 is 35.8. The van der Waals surface area contributed by atoms with Gasteiger partial charge in [0.05, 0.1) is 20.3 Å². The number of rotatable bonds is 1. The minimum atomic E-state index is -3.04. The molecule has 76 valence electrons. The van der Waals surface area contributed by atoms with Crippen LogP contribution in [0.2, 0.25) is 0 Å². The predicted octanol–water partition coefficient (Wildman–Crippen LogP) is 1.22. The van der Waals surface area contributed by atoms with Crippen molar-refractivity contribution in [3.63, 3.8) is 0 Å². The van der Waals surface area contributed by atoms with E-state index in [4.69, 9.17) is 4.74 Å². The van der Waals surface area contributed by atoms with E-state index in [1.807, 2.05) is 0 Å². The third-order valence-corrected chi connectivity index (χ3v) is 2.39. The summed E-state index contributed by atoms with van der Waals surface area (Å²) in [7, 11) is 1.10. The molecule has 1 saturated heterocycles. The Labute approximate surface area is 75.0 Å². The summed E-state index contributed by atoms with van der Waals surface area (Å²) in [5.41, 5.74) is -1.83. The Balaban J connectivity index is 2.90. The van der Waals surface area contributed by atoms with Gasteiger partial charge in [0, 0.05) is 6.42 Å². The lowest BCUT2D eigenvalue weighted by atomic mass is 9.81. The van der Waals surface area contributed by atoms with Gasteiger partial charge < -0.3 is 9.47 Å². The lowest BCUT2D eigenvalue weighted by Gasteiger charge is -2.37. The zero-order valence-electron chi connectivity index (χ0n) is 7.60. The van der Waals surface area contributed by atoms with Gasteiger partial charge >= 0.3 is 5.97 Å². The van der Waals surface area contributed by atoms with E-state index in [9.17, 15) is 13.6 Å². The molecular formula is C8H12F2O3. The van der Waals surface area contributed by atoms with Crippen LogP contribution in [-0.2, 0) is 14.3 Å². The first-order valence-electron chi connectivity index (χ1n) is 3.98. The molecule has 0 bridgehead atoms. The molecule has 13 heavy (non-hydrogen) atoms. The zero-order chi connectivity index (χ0) is 10.1. The normalized spacial score (nSPS) is 32.6. The van der Waals surface area contributed by atoms with Gasteiger partial charge in [-0.25, -0.2) is 8.78 Å². The van der Waals surface area contributed by atoms with E-state index in [1.54, 1.807) is 0 Å². The van der Waals surface area contributed by atoms with Crippen LogP contribution in [0.5, 0.6) is 0 Å². The van der Waals surface area contributed by atoms with Crippen molar-refractivity contribution in [1.82, 2.24) is 0 Å². The summed E-state index contributed by atoms with van der Waals surface area (Å²) in [5.74, 6) is -3.96. The summed E-state index contributed by atoms with van der Waals surface area (Å²) in [6.45, 7) is 0.865. The first-order chi connectivity index (χ1) is 5.94. The number of alkyl halides is 2. The van der Waals surface area contributed by atoms with E-state index in [0.717, 1.165) is 14.0 Å². The molecule has 0 N–H and O–H groups in total. The molecule has 0 aliphatic carbocycles. The van der Waals surface area contributed by atoms with E-state index >= 15 is 0 Å². The number of halogens is 2. The lowest BCUT2D eigenvalue weighted by molar-refractivity contribution is -0.212. The Morgan fingerprint density at radius 2 is 2.15 bits per heavy atom. The molecule has 0 spiro atoms. The van der Waals surface area contributed by atoms with Gasteiger partial charge in [-0.15, -0.1) is 0 Å². The van der Waals surface area contributed by atoms with E-state index in [-0.39, 0.29) is 13.2 Å². The van der Waals surface area contributed by atoms with Crippen LogP contribution in [0.25, 0.3) is 0 Å². The number of hydrogen-bond acceptors (Lipinski definition) is 3. The molecule has 1 atom stereocenters. The van der Waals surface area contributed by atoms with Crippen molar-refractivity contribution in [2.24, 2.45) is 5.41 Å². The molecule has 1 heterocycles. The van der Waals surface area contributed by atoms with Gasteiger partial charge in [0.15, 0.2) is 5.41 Å². The first kappa shape index (κ1) is 10.4. The number of carbonyl (C=O) groups is 1. The minimum Gasteiger partial charge on any atom is -0.468 e. The maximum Gasteiger partial charge on any atom is 0.320 e. The highest BCUT2D eigenvalue weighted by Crippen LogP contribution is 2.43. The van der Waals surface area contributed by atoms with Crippen LogP contribution < -0.4 is 0 Å². The van der Waals surface area contributed by atoms with Crippen LogP contribution in [0, 0.1) is 5.41 Å². The van der Waals surface area contributed by atoms with Crippen molar-refractivity contribution < 1.29 is 23.0 Å². The number of carbonyl (C=O) groups excluding carboxylic acids is 1. The Hall–Kier alpha value is -0.710. The van der Waals surface area contributed by atoms with Crippen molar-refractivity contribution in [3.05, 3.63) is 0 Å². The second kappa shape index (κ2) is 3.21. The van der Waals surface area contributed by atoms with Gasteiger partial charge in [-0.3, -0.25) is 4.79 Å². The van der Waals surface area contributed by atoms with Crippen LogP contribution >= 0.6 is 0 Å². The fourth-order valence-electron chi connectivity index (χ4n) is 1.29. The molecule has 0 radical (unpaired) electrons. The first-order valence-corrected chi connectivity index (χ1v) is 3.98. The third kappa shape index (κ3) is 1.52. The van der Waals surface area contributed by atoms with Crippen molar-refractivity contribution in [3.8, 4) is 0 Å². The number of methoxy groups -OCH3 is 1. The molecule has 1 aliphatic heterocycles. The maximum atomic E-state index is 13.3. The van der Waals surface area contributed by atoms with Gasteiger partial charge in [-0.1, -0.05) is 0 Å². The SMILES string of the molecule is COC(=O)C1(C)COCCC1(F)F.